The summed E-state index contributed by atoms with van der Waals surface area (Å²) in [6, 6.07) is 9.37. The Morgan fingerprint density at radius 3 is 2.50 bits per heavy atom. The molecule has 2 aromatic rings. The third kappa shape index (κ3) is 3.21. The molecule has 0 saturated carbocycles. The Balaban J connectivity index is 2.52. The third-order valence-electron chi connectivity index (χ3n) is 3.75. The molecule has 4 heteroatoms. The molecule has 0 saturated heterocycles. The zero-order valence-electron chi connectivity index (χ0n) is 12.9. The van der Waals surface area contributed by atoms with Gasteiger partial charge in [0.2, 0.25) is 0 Å². The predicted octanol–water partition coefficient (Wildman–Crippen LogP) is 4.62. The average molecular weight is 320 g/mol. The van der Waals surface area contributed by atoms with Gasteiger partial charge in [-0.25, -0.2) is 4.39 Å². The van der Waals surface area contributed by atoms with Gasteiger partial charge in [-0.2, -0.15) is 0 Å². The Kier molecular flexibility index (Phi) is 4.99. The summed E-state index contributed by atoms with van der Waals surface area (Å²) in [5, 5.41) is 0.402. The van der Waals surface area contributed by atoms with E-state index in [4.69, 9.17) is 17.3 Å². The zero-order valence-corrected chi connectivity index (χ0v) is 13.6. The maximum absolute atomic E-state index is 14.3. The van der Waals surface area contributed by atoms with Crippen molar-refractivity contribution < 1.29 is 9.18 Å². The van der Waals surface area contributed by atoms with E-state index in [0.29, 0.717) is 27.3 Å². The van der Waals surface area contributed by atoms with Crippen LogP contribution in [0.5, 0.6) is 0 Å². The topological polar surface area (TPSA) is 43.1 Å². The van der Waals surface area contributed by atoms with Crippen LogP contribution in [0.25, 0.3) is 11.1 Å². The largest absolute Gasteiger partial charge is 0.321 e. The quantitative estimate of drug-likeness (QED) is 0.835. The van der Waals surface area contributed by atoms with Gasteiger partial charge >= 0.3 is 0 Å². The lowest BCUT2D eigenvalue weighted by Crippen LogP contribution is -2.35. The standard InChI is InChI=1S/C18H19ClFNO/c1-10(2)17(21)18(22)12-7-8-15(19)14(9-12)13-6-4-5-11(3)16(13)20/h4-10,17H,21H2,1-3H3/t17-/m0/s1. The maximum Gasteiger partial charge on any atom is 0.179 e. The van der Waals surface area contributed by atoms with Crippen molar-refractivity contribution in [1.82, 2.24) is 0 Å². The Labute approximate surface area is 135 Å². The number of nitrogens with two attached hydrogens (primary N) is 1. The summed E-state index contributed by atoms with van der Waals surface area (Å²) in [5.41, 5.74) is 7.78. The fourth-order valence-corrected chi connectivity index (χ4v) is 2.45. The number of ketones is 1. The second-order valence-corrected chi connectivity index (χ2v) is 6.17. The minimum absolute atomic E-state index is 0.0299. The summed E-state index contributed by atoms with van der Waals surface area (Å²) < 4.78 is 14.3. The number of hydrogen-bond donors (Lipinski definition) is 1. The fourth-order valence-electron chi connectivity index (χ4n) is 2.24. The van der Waals surface area contributed by atoms with Crippen LogP contribution in [-0.4, -0.2) is 11.8 Å². The number of rotatable bonds is 4. The SMILES string of the molecule is Cc1cccc(-c2cc(C(=O)[C@@H](N)C(C)C)ccc2Cl)c1F. The Morgan fingerprint density at radius 2 is 1.86 bits per heavy atom. The predicted molar refractivity (Wildman–Crippen MR) is 88.7 cm³/mol. The summed E-state index contributed by atoms with van der Waals surface area (Å²) in [6.07, 6.45) is 0. The molecule has 0 amide bonds. The highest BCUT2D eigenvalue weighted by atomic mass is 35.5. The van der Waals surface area contributed by atoms with Crippen molar-refractivity contribution in [2.45, 2.75) is 26.8 Å². The van der Waals surface area contributed by atoms with E-state index in [0.717, 1.165) is 0 Å². The molecule has 0 fully saturated rings. The molecule has 2 nitrogen and oxygen atoms in total. The molecule has 0 aromatic heterocycles. The van der Waals surface area contributed by atoms with E-state index < -0.39 is 6.04 Å². The number of Topliss-reactive ketones (excluding diaryl/α,β-unsaturated/α-hetero) is 1. The van der Waals surface area contributed by atoms with E-state index >= 15 is 0 Å². The molecule has 2 N–H and O–H groups in total. The van der Waals surface area contributed by atoms with Crippen LogP contribution < -0.4 is 5.73 Å². The monoisotopic (exact) mass is 319 g/mol. The average Bonchev–Trinajstić information content (AvgIpc) is 2.49. The van der Waals surface area contributed by atoms with E-state index in [9.17, 15) is 9.18 Å². The van der Waals surface area contributed by atoms with E-state index in [1.807, 2.05) is 13.8 Å². The number of hydrogen-bond acceptors (Lipinski definition) is 2. The van der Waals surface area contributed by atoms with Gasteiger partial charge in [-0.1, -0.05) is 43.6 Å². The lowest BCUT2D eigenvalue weighted by atomic mass is 9.93. The molecule has 0 unspecified atom stereocenters. The summed E-state index contributed by atoms with van der Waals surface area (Å²) in [4.78, 5) is 12.4. The highest BCUT2D eigenvalue weighted by molar-refractivity contribution is 6.33. The highest BCUT2D eigenvalue weighted by Crippen LogP contribution is 2.32. The molecule has 0 spiro atoms. The highest BCUT2D eigenvalue weighted by Gasteiger charge is 2.20. The lowest BCUT2D eigenvalue weighted by molar-refractivity contribution is 0.0940. The number of carbonyl (C=O) groups excluding carboxylic acids is 1. The Hall–Kier alpha value is -1.71. The molecular formula is C18H19ClFNO. The van der Waals surface area contributed by atoms with Gasteiger partial charge in [-0.05, 0) is 36.6 Å². The first-order chi connectivity index (χ1) is 10.3. The second kappa shape index (κ2) is 6.59. The number of halogens is 2. The minimum Gasteiger partial charge on any atom is -0.321 e. The molecular weight excluding hydrogens is 301 g/mol. The van der Waals surface area contributed by atoms with Gasteiger partial charge in [-0.3, -0.25) is 4.79 Å². The van der Waals surface area contributed by atoms with Gasteiger partial charge < -0.3 is 5.73 Å². The molecule has 0 radical (unpaired) electrons. The molecule has 1 atom stereocenters. The molecule has 0 aliphatic rings. The molecule has 22 heavy (non-hydrogen) atoms. The zero-order chi connectivity index (χ0) is 16.4. The smallest absolute Gasteiger partial charge is 0.179 e. The molecule has 0 aliphatic heterocycles. The van der Waals surface area contributed by atoms with Crippen molar-refractivity contribution >= 4 is 17.4 Å². The first-order valence-electron chi connectivity index (χ1n) is 7.17. The molecule has 2 rings (SSSR count). The third-order valence-corrected chi connectivity index (χ3v) is 4.08. The number of benzene rings is 2. The van der Waals surface area contributed by atoms with Crippen LogP contribution in [0.1, 0.15) is 29.8 Å². The Bertz CT molecular complexity index is 712. The van der Waals surface area contributed by atoms with Crippen LogP contribution in [0.2, 0.25) is 5.02 Å². The molecule has 2 aromatic carbocycles. The fraction of sp³-hybridized carbons (Fsp3) is 0.278. The van der Waals surface area contributed by atoms with Crippen LogP contribution in [0.15, 0.2) is 36.4 Å². The normalized spacial score (nSPS) is 12.5. The van der Waals surface area contributed by atoms with Crippen LogP contribution in [0, 0.1) is 18.7 Å². The first-order valence-corrected chi connectivity index (χ1v) is 7.55. The van der Waals surface area contributed by atoms with Crippen molar-refractivity contribution in [2.75, 3.05) is 0 Å². The van der Waals surface area contributed by atoms with Gasteiger partial charge in [0.15, 0.2) is 5.78 Å². The summed E-state index contributed by atoms with van der Waals surface area (Å²) in [5.74, 6) is -0.467. The van der Waals surface area contributed by atoms with Gasteiger partial charge in [0, 0.05) is 21.7 Å². The molecule has 0 bridgehead atoms. The van der Waals surface area contributed by atoms with Gasteiger partial charge in [0.05, 0.1) is 6.04 Å². The van der Waals surface area contributed by atoms with Crippen molar-refractivity contribution in [2.24, 2.45) is 11.7 Å². The maximum atomic E-state index is 14.3. The lowest BCUT2D eigenvalue weighted by Gasteiger charge is -2.15. The van der Waals surface area contributed by atoms with E-state index in [2.05, 4.69) is 0 Å². The van der Waals surface area contributed by atoms with E-state index in [1.54, 1.807) is 43.3 Å². The second-order valence-electron chi connectivity index (χ2n) is 5.77. The number of carbonyl (C=O) groups is 1. The summed E-state index contributed by atoms with van der Waals surface area (Å²) in [6.45, 7) is 5.47. The van der Waals surface area contributed by atoms with Crippen LogP contribution >= 0.6 is 11.6 Å². The summed E-state index contributed by atoms with van der Waals surface area (Å²) in [7, 11) is 0. The van der Waals surface area contributed by atoms with Gasteiger partial charge in [0.1, 0.15) is 5.82 Å². The Morgan fingerprint density at radius 1 is 1.18 bits per heavy atom. The first kappa shape index (κ1) is 16.7. The van der Waals surface area contributed by atoms with Crippen LogP contribution in [-0.2, 0) is 0 Å². The summed E-state index contributed by atoms with van der Waals surface area (Å²) >= 11 is 6.19. The van der Waals surface area contributed by atoms with Crippen molar-refractivity contribution in [3.8, 4) is 11.1 Å². The minimum atomic E-state index is -0.587. The van der Waals surface area contributed by atoms with Crippen molar-refractivity contribution in [3.63, 3.8) is 0 Å². The van der Waals surface area contributed by atoms with Crippen molar-refractivity contribution in [1.29, 1.82) is 0 Å². The molecule has 116 valence electrons. The van der Waals surface area contributed by atoms with Crippen molar-refractivity contribution in [3.05, 3.63) is 58.4 Å². The van der Waals surface area contributed by atoms with Gasteiger partial charge in [0.25, 0.3) is 0 Å². The van der Waals surface area contributed by atoms with E-state index in [1.165, 1.54) is 0 Å². The van der Waals surface area contributed by atoms with E-state index in [-0.39, 0.29) is 17.5 Å². The van der Waals surface area contributed by atoms with Gasteiger partial charge in [-0.15, -0.1) is 0 Å². The van der Waals surface area contributed by atoms with Crippen LogP contribution in [0.4, 0.5) is 4.39 Å². The molecule has 0 aliphatic carbocycles. The van der Waals surface area contributed by atoms with Crippen LogP contribution in [0.3, 0.4) is 0 Å². The molecule has 0 heterocycles. The number of aryl methyl sites for hydroxylation is 1.